The van der Waals surface area contributed by atoms with Gasteiger partial charge in [-0.2, -0.15) is 0 Å². The number of carbonyl (C=O) groups is 2. The molecule has 6 nitrogen and oxygen atoms in total. The van der Waals surface area contributed by atoms with Gasteiger partial charge in [-0.3, -0.25) is 14.5 Å². The highest BCUT2D eigenvalue weighted by atomic mass is 16.4. The molecular weight excluding hydrogens is 246 g/mol. The fourth-order valence-corrected chi connectivity index (χ4v) is 1.75. The summed E-state index contributed by atoms with van der Waals surface area (Å²) in [6.07, 6.45) is -0.0191. The van der Waals surface area contributed by atoms with Crippen molar-refractivity contribution in [2.24, 2.45) is 11.5 Å². The highest BCUT2D eigenvalue weighted by Crippen LogP contribution is 2.02. The zero-order valence-corrected chi connectivity index (χ0v) is 12.7. The Morgan fingerprint density at radius 1 is 1.16 bits per heavy atom. The molecule has 0 radical (unpaired) electrons. The minimum atomic E-state index is -0.975. The van der Waals surface area contributed by atoms with Crippen LogP contribution in [0.15, 0.2) is 0 Å². The van der Waals surface area contributed by atoms with Crippen molar-refractivity contribution in [3.63, 3.8) is 0 Å². The number of amides is 1. The van der Waals surface area contributed by atoms with Crippen molar-refractivity contribution in [1.29, 1.82) is 0 Å². The maximum atomic E-state index is 10.2. The fraction of sp³-hybridized carbons (Fsp3) is 0.846. The van der Waals surface area contributed by atoms with E-state index in [4.69, 9.17) is 16.6 Å². The highest BCUT2D eigenvalue weighted by Gasteiger charge is 2.10. The van der Waals surface area contributed by atoms with Gasteiger partial charge in [0, 0.05) is 18.5 Å². The van der Waals surface area contributed by atoms with E-state index in [1.165, 1.54) is 0 Å². The first-order valence-electron chi connectivity index (χ1n) is 6.65. The van der Waals surface area contributed by atoms with E-state index in [1.54, 1.807) is 0 Å². The van der Waals surface area contributed by atoms with Crippen LogP contribution in [0, 0.1) is 0 Å². The Balaban J connectivity index is 0. The predicted molar refractivity (Wildman–Crippen MR) is 76.7 cm³/mol. The van der Waals surface area contributed by atoms with Crippen LogP contribution in [0.1, 0.15) is 47.5 Å². The maximum Gasteiger partial charge on any atom is 0.303 e. The van der Waals surface area contributed by atoms with Crippen LogP contribution in [0.3, 0.4) is 0 Å². The number of nitrogens with zero attached hydrogens (tertiary/aromatic N) is 1. The van der Waals surface area contributed by atoms with E-state index >= 15 is 0 Å². The summed E-state index contributed by atoms with van der Waals surface area (Å²) in [5.41, 5.74) is 9.89. The lowest BCUT2D eigenvalue weighted by Crippen LogP contribution is -2.36. The average Bonchev–Trinajstić information content (AvgIpc) is 2.26. The summed E-state index contributed by atoms with van der Waals surface area (Å²) in [5.74, 6) is -1.64. The summed E-state index contributed by atoms with van der Waals surface area (Å²) in [5, 5.41) is 8.14. The SMILES string of the molecule is CCN(C(C)C)C(C)C.NC(=O)C(N)CCC(=O)O. The molecule has 0 aliphatic carbocycles. The molecule has 6 heteroatoms. The molecule has 0 aromatic carbocycles. The van der Waals surface area contributed by atoms with Crippen molar-refractivity contribution in [1.82, 2.24) is 4.90 Å². The summed E-state index contributed by atoms with van der Waals surface area (Å²) in [6, 6.07) is 0.543. The van der Waals surface area contributed by atoms with Gasteiger partial charge in [-0.25, -0.2) is 0 Å². The van der Waals surface area contributed by atoms with Crippen molar-refractivity contribution in [2.75, 3.05) is 6.54 Å². The van der Waals surface area contributed by atoms with Crippen LogP contribution >= 0.6 is 0 Å². The first kappa shape index (κ1) is 20.2. The number of carbonyl (C=O) groups excluding carboxylic acids is 1. The topological polar surface area (TPSA) is 110 Å². The number of primary amides is 1. The molecule has 0 heterocycles. The molecule has 1 amide bonds. The quantitative estimate of drug-likeness (QED) is 0.636. The molecule has 0 aromatic rings. The van der Waals surface area contributed by atoms with Crippen LogP contribution in [0.2, 0.25) is 0 Å². The standard InChI is InChI=1S/C8H19N.C5H10N2O3/c1-6-9(7(2)3)8(4)5;6-3(5(7)10)1-2-4(8)9/h7-8H,6H2,1-5H3;3H,1-2,6H2,(H2,7,10)(H,8,9). The van der Waals surface area contributed by atoms with Gasteiger partial charge in [0.05, 0.1) is 6.04 Å². The van der Waals surface area contributed by atoms with E-state index in [-0.39, 0.29) is 12.8 Å². The van der Waals surface area contributed by atoms with E-state index in [1.807, 2.05) is 0 Å². The van der Waals surface area contributed by atoms with Crippen LogP contribution in [0.4, 0.5) is 0 Å². The van der Waals surface area contributed by atoms with E-state index in [2.05, 4.69) is 39.5 Å². The Morgan fingerprint density at radius 3 is 1.74 bits per heavy atom. The lowest BCUT2D eigenvalue weighted by atomic mass is 10.1. The molecule has 0 saturated heterocycles. The van der Waals surface area contributed by atoms with Gasteiger partial charge in [-0.05, 0) is 40.7 Å². The number of hydrogen-bond donors (Lipinski definition) is 3. The second-order valence-corrected chi connectivity index (χ2v) is 4.96. The minimum Gasteiger partial charge on any atom is -0.481 e. The number of carboxylic acid groups (broad SMARTS) is 1. The molecule has 0 aliphatic rings. The Kier molecular flexibility index (Phi) is 11.4. The number of hydrogen-bond acceptors (Lipinski definition) is 4. The van der Waals surface area contributed by atoms with Gasteiger partial charge in [0.25, 0.3) is 0 Å². The van der Waals surface area contributed by atoms with Crippen LogP contribution in [0.25, 0.3) is 0 Å². The average molecular weight is 275 g/mol. The third kappa shape index (κ3) is 11.7. The van der Waals surface area contributed by atoms with Gasteiger partial charge in [0.15, 0.2) is 0 Å². The molecule has 0 saturated carbocycles. The largest absolute Gasteiger partial charge is 0.481 e. The Morgan fingerprint density at radius 2 is 1.58 bits per heavy atom. The van der Waals surface area contributed by atoms with Gasteiger partial charge in [-0.15, -0.1) is 0 Å². The predicted octanol–water partition coefficient (Wildman–Crippen LogP) is 0.789. The third-order valence-corrected chi connectivity index (χ3v) is 2.73. The van der Waals surface area contributed by atoms with E-state index in [0.29, 0.717) is 12.1 Å². The van der Waals surface area contributed by atoms with Crippen molar-refractivity contribution in [3.05, 3.63) is 0 Å². The van der Waals surface area contributed by atoms with E-state index < -0.39 is 17.9 Å². The number of aliphatic carboxylic acids is 1. The molecule has 5 N–H and O–H groups in total. The smallest absolute Gasteiger partial charge is 0.303 e. The fourth-order valence-electron chi connectivity index (χ4n) is 1.75. The number of rotatable bonds is 7. The summed E-state index contributed by atoms with van der Waals surface area (Å²) in [4.78, 5) is 22.6. The van der Waals surface area contributed by atoms with Gasteiger partial charge < -0.3 is 16.6 Å². The first-order chi connectivity index (χ1) is 8.63. The molecule has 0 rings (SSSR count). The summed E-state index contributed by atoms with van der Waals surface area (Å²) in [6.45, 7) is 12.3. The van der Waals surface area contributed by atoms with Crippen LogP contribution < -0.4 is 11.5 Å². The van der Waals surface area contributed by atoms with Crippen LogP contribution in [-0.4, -0.2) is 46.6 Å². The van der Waals surface area contributed by atoms with Crippen molar-refractivity contribution in [2.45, 2.75) is 65.6 Å². The minimum absolute atomic E-state index is 0.102. The Labute approximate surface area is 116 Å². The Hall–Kier alpha value is -1.14. The first-order valence-corrected chi connectivity index (χ1v) is 6.65. The van der Waals surface area contributed by atoms with E-state index in [0.717, 1.165) is 6.54 Å². The molecule has 0 spiro atoms. The molecule has 0 aliphatic heterocycles. The van der Waals surface area contributed by atoms with Gasteiger partial charge >= 0.3 is 5.97 Å². The van der Waals surface area contributed by atoms with E-state index in [9.17, 15) is 9.59 Å². The molecule has 0 aromatic heterocycles. The molecule has 1 unspecified atom stereocenters. The second kappa shape index (κ2) is 10.8. The molecule has 0 bridgehead atoms. The lowest BCUT2D eigenvalue weighted by Gasteiger charge is -2.28. The van der Waals surface area contributed by atoms with Crippen molar-refractivity contribution in [3.8, 4) is 0 Å². The molecule has 1 atom stereocenters. The molecule has 0 fully saturated rings. The second-order valence-electron chi connectivity index (χ2n) is 4.96. The number of carboxylic acids is 1. The van der Waals surface area contributed by atoms with Gasteiger partial charge in [0.1, 0.15) is 0 Å². The molecular formula is C13H29N3O3. The lowest BCUT2D eigenvalue weighted by molar-refractivity contribution is -0.137. The van der Waals surface area contributed by atoms with Gasteiger partial charge in [-0.1, -0.05) is 6.92 Å². The maximum absolute atomic E-state index is 10.2. The zero-order chi connectivity index (χ0) is 15.6. The zero-order valence-electron chi connectivity index (χ0n) is 12.7. The van der Waals surface area contributed by atoms with Crippen LogP contribution in [-0.2, 0) is 9.59 Å². The Bertz CT molecular complexity index is 260. The summed E-state index contributed by atoms with van der Waals surface area (Å²) >= 11 is 0. The van der Waals surface area contributed by atoms with Gasteiger partial charge in [0.2, 0.25) is 5.91 Å². The van der Waals surface area contributed by atoms with Crippen molar-refractivity contribution >= 4 is 11.9 Å². The van der Waals surface area contributed by atoms with Crippen LogP contribution in [0.5, 0.6) is 0 Å². The van der Waals surface area contributed by atoms with Crippen molar-refractivity contribution < 1.29 is 14.7 Å². The number of nitrogens with two attached hydrogens (primary N) is 2. The summed E-state index contributed by atoms with van der Waals surface area (Å²) in [7, 11) is 0. The monoisotopic (exact) mass is 275 g/mol. The highest BCUT2D eigenvalue weighted by molar-refractivity contribution is 5.80. The third-order valence-electron chi connectivity index (χ3n) is 2.73. The molecule has 114 valence electrons. The normalized spacial score (nSPS) is 12.3. The summed E-state index contributed by atoms with van der Waals surface area (Å²) < 4.78 is 0. The molecule has 19 heavy (non-hydrogen) atoms.